The SMILES string of the molecule is C=CCC1(N)CCCC(Oc2cc3ccnc(OCc4ccccc4)c3cc2Cl)CCC1. The van der Waals surface area contributed by atoms with E-state index >= 15 is 0 Å². The van der Waals surface area contributed by atoms with Crippen molar-refractivity contribution >= 4 is 22.4 Å². The fourth-order valence-corrected chi connectivity index (χ4v) is 4.71. The second kappa shape index (κ2) is 10.4. The molecule has 3 aromatic rings. The lowest BCUT2D eigenvalue weighted by Crippen LogP contribution is -2.40. The van der Waals surface area contributed by atoms with Gasteiger partial charge >= 0.3 is 0 Å². The van der Waals surface area contributed by atoms with Gasteiger partial charge in [-0.2, -0.15) is 0 Å². The van der Waals surface area contributed by atoms with Gasteiger partial charge in [0, 0.05) is 17.1 Å². The van der Waals surface area contributed by atoms with Gasteiger partial charge in [0.05, 0.1) is 11.1 Å². The van der Waals surface area contributed by atoms with Gasteiger partial charge in [0.15, 0.2) is 0 Å². The van der Waals surface area contributed by atoms with Gasteiger partial charge in [0.1, 0.15) is 12.4 Å². The first-order valence-electron chi connectivity index (χ1n) is 11.4. The van der Waals surface area contributed by atoms with Crippen molar-refractivity contribution in [3.63, 3.8) is 0 Å². The molecular formula is C27H31ClN2O2. The van der Waals surface area contributed by atoms with Crippen LogP contribution < -0.4 is 15.2 Å². The minimum absolute atomic E-state index is 0.115. The second-order valence-corrected chi connectivity index (χ2v) is 9.18. The molecule has 2 N–H and O–H groups in total. The predicted octanol–water partition coefficient (Wildman–Crippen LogP) is 6.84. The Morgan fingerprint density at radius 3 is 2.59 bits per heavy atom. The summed E-state index contributed by atoms with van der Waals surface area (Å²) in [6.45, 7) is 4.32. The van der Waals surface area contributed by atoms with Crippen LogP contribution in [-0.2, 0) is 6.61 Å². The van der Waals surface area contributed by atoms with E-state index in [2.05, 4.69) is 11.6 Å². The molecule has 0 aliphatic heterocycles. The van der Waals surface area contributed by atoms with E-state index in [1.807, 2.05) is 54.6 Å². The third-order valence-electron chi connectivity index (χ3n) is 6.24. The third-order valence-corrected chi connectivity index (χ3v) is 6.54. The molecule has 0 spiro atoms. The number of pyridine rings is 1. The highest BCUT2D eigenvalue weighted by Gasteiger charge is 2.27. The number of hydrogen-bond donors (Lipinski definition) is 1. The lowest BCUT2D eigenvalue weighted by atomic mass is 9.82. The van der Waals surface area contributed by atoms with Crippen LogP contribution in [0.15, 0.2) is 67.4 Å². The number of benzene rings is 2. The van der Waals surface area contributed by atoms with E-state index in [-0.39, 0.29) is 11.6 Å². The maximum absolute atomic E-state index is 6.63. The number of halogens is 1. The highest BCUT2D eigenvalue weighted by molar-refractivity contribution is 6.33. The molecule has 0 amide bonds. The maximum Gasteiger partial charge on any atom is 0.221 e. The van der Waals surface area contributed by atoms with Gasteiger partial charge in [0.25, 0.3) is 0 Å². The molecule has 0 radical (unpaired) electrons. The van der Waals surface area contributed by atoms with Crippen molar-refractivity contribution in [3.05, 3.63) is 78.0 Å². The summed E-state index contributed by atoms with van der Waals surface area (Å²) in [5.41, 5.74) is 7.53. The summed E-state index contributed by atoms with van der Waals surface area (Å²) in [5, 5.41) is 2.47. The number of hydrogen-bond acceptors (Lipinski definition) is 4. The van der Waals surface area contributed by atoms with Crippen LogP contribution >= 0.6 is 11.6 Å². The van der Waals surface area contributed by atoms with E-state index in [1.54, 1.807) is 6.20 Å². The van der Waals surface area contributed by atoms with Crippen LogP contribution in [-0.4, -0.2) is 16.6 Å². The van der Waals surface area contributed by atoms with Crippen LogP contribution in [0.1, 0.15) is 50.5 Å². The van der Waals surface area contributed by atoms with Crippen LogP contribution in [0.5, 0.6) is 11.6 Å². The van der Waals surface area contributed by atoms with Crippen molar-refractivity contribution in [3.8, 4) is 11.6 Å². The summed E-state index contributed by atoms with van der Waals surface area (Å²) in [4.78, 5) is 4.42. The van der Waals surface area contributed by atoms with Crippen LogP contribution in [0.2, 0.25) is 5.02 Å². The van der Waals surface area contributed by atoms with Gasteiger partial charge in [-0.25, -0.2) is 4.98 Å². The number of fused-ring (bicyclic) bond motifs is 1. The minimum atomic E-state index is -0.115. The van der Waals surface area contributed by atoms with Gasteiger partial charge in [-0.05, 0) is 74.1 Å². The van der Waals surface area contributed by atoms with Crippen LogP contribution in [0.3, 0.4) is 0 Å². The molecule has 4 nitrogen and oxygen atoms in total. The summed E-state index contributed by atoms with van der Waals surface area (Å²) in [6, 6.07) is 15.9. The Labute approximate surface area is 195 Å². The highest BCUT2D eigenvalue weighted by atomic mass is 35.5. The van der Waals surface area contributed by atoms with Gasteiger partial charge < -0.3 is 15.2 Å². The quantitative estimate of drug-likeness (QED) is 0.400. The summed E-state index contributed by atoms with van der Waals surface area (Å²) in [5.74, 6) is 1.29. The fraction of sp³-hybridized carbons (Fsp3) is 0.370. The van der Waals surface area contributed by atoms with E-state index in [4.69, 9.17) is 26.8 Å². The van der Waals surface area contributed by atoms with Gasteiger partial charge in [0.2, 0.25) is 5.88 Å². The molecule has 5 heteroatoms. The van der Waals surface area contributed by atoms with Crippen molar-refractivity contribution in [2.45, 2.75) is 63.2 Å². The zero-order valence-corrected chi connectivity index (χ0v) is 19.2. The molecule has 0 atom stereocenters. The normalized spacial score (nSPS) is 21.5. The lowest BCUT2D eigenvalue weighted by molar-refractivity contribution is 0.152. The zero-order valence-electron chi connectivity index (χ0n) is 18.4. The molecule has 0 saturated heterocycles. The van der Waals surface area contributed by atoms with E-state index in [9.17, 15) is 0 Å². The van der Waals surface area contributed by atoms with Crippen molar-refractivity contribution in [2.24, 2.45) is 5.73 Å². The Morgan fingerprint density at radius 2 is 1.88 bits per heavy atom. The summed E-state index contributed by atoms with van der Waals surface area (Å²) in [7, 11) is 0. The van der Waals surface area contributed by atoms with E-state index < -0.39 is 0 Å². The van der Waals surface area contributed by atoms with E-state index in [1.165, 1.54) is 0 Å². The molecule has 1 fully saturated rings. The number of nitrogens with zero attached hydrogens (tertiary/aromatic N) is 1. The Hall–Kier alpha value is -2.56. The standard InChI is InChI=1S/C27H31ClN2O2/c1-2-13-27(29)14-6-10-22(11-7-15-27)32-25-17-21-12-16-30-26(23(21)18-24(25)28)31-19-20-8-4-3-5-9-20/h2-5,8-9,12,16-18,22H,1,6-7,10-11,13-15,19,29H2. The first-order chi connectivity index (χ1) is 15.6. The number of nitrogens with two attached hydrogens (primary N) is 1. The van der Waals surface area contributed by atoms with Crippen LogP contribution in [0.25, 0.3) is 10.8 Å². The zero-order chi connectivity index (χ0) is 22.4. The Bertz CT molecular complexity index is 1040. The second-order valence-electron chi connectivity index (χ2n) is 8.77. The lowest BCUT2D eigenvalue weighted by Gasteiger charge is -2.32. The fourth-order valence-electron chi connectivity index (χ4n) is 4.50. The van der Waals surface area contributed by atoms with Crippen molar-refractivity contribution in [1.29, 1.82) is 0 Å². The number of rotatable bonds is 7. The monoisotopic (exact) mass is 450 g/mol. The smallest absolute Gasteiger partial charge is 0.221 e. The van der Waals surface area contributed by atoms with Crippen LogP contribution in [0.4, 0.5) is 0 Å². The number of aromatic nitrogens is 1. The number of ether oxygens (including phenoxy) is 2. The van der Waals surface area contributed by atoms with E-state index in [0.717, 1.165) is 67.0 Å². The first-order valence-corrected chi connectivity index (χ1v) is 11.8. The van der Waals surface area contributed by atoms with Crippen molar-refractivity contribution in [1.82, 2.24) is 4.98 Å². The van der Waals surface area contributed by atoms with E-state index in [0.29, 0.717) is 17.5 Å². The Morgan fingerprint density at radius 1 is 1.12 bits per heavy atom. The molecular weight excluding hydrogens is 420 g/mol. The summed E-state index contributed by atoms with van der Waals surface area (Å²) in [6.07, 6.45) is 10.8. The third kappa shape index (κ3) is 5.62. The van der Waals surface area contributed by atoms with Gasteiger partial charge in [-0.3, -0.25) is 0 Å². The molecule has 0 unspecified atom stereocenters. The Kier molecular flexibility index (Phi) is 7.33. The Balaban J connectivity index is 1.46. The maximum atomic E-state index is 6.63. The predicted molar refractivity (Wildman–Crippen MR) is 131 cm³/mol. The summed E-state index contributed by atoms with van der Waals surface area (Å²) < 4.78 is 12.4. The highest BCUT2D eigenvalue weighted by Crippen LogP contribution is 2.36. The molecule has 2 aromatic carbocycles. The molecule has 1 aromatic heterocycles. The average Bonchev–Trinajstić information content (AvgIpc) is 2.77. The van der Waals surface area contributed by atoms with Gasteiger partial charge in [-0.15, -0.1) is 6.58 Å². The molecule has 1 heterocycles. The average molecular weight is 451 g/mol. The first kappa shape index (κ1) is 22.6. The van der Waals surface area contributed by atoms with Crippen molar-refractivity contribution < 1.29 is 9.47 Å². The minimum Gasteiger partial charge on any atom is -0.489 e. The molecule has 1 aliphatic rings. The molecule has 0 bridgehead atoms. The molecule has 32 heavy (non-hydrogen) atoms. The summed E-state index contributed by atoms with van der Waals surface area (Å²) >= 11 is 6.63. The molecule has 1 aliphatic carbocycles. The molecule has 168 valence electrons. The topological polar surface area (TPSA) is 57.4 Å². The van der Waals surface area contributed by atoms with Crippen LogP contribution in [0, 0.1) is 0 Å². The largest absolute Gasteiger partial charge is 0.489 e. The van der Waals surface area contributed by atoms with Crippen molar-refractivity contribution in [2.75, 3.05) is 0 Å². The molecule has 1 saturated carbocycles. The molecule has 4 rings (SSSR count). The van der Waals surface area contributed by atoms with Gasteiger partial charge in [-0.1, -0.05) is 48.0 Å².